The number of hydrogen-bond donors (Lipinski definition) is 0. The lowest BCUT2D eigenvalue weighted by atomic mass is 9.48. The average molecular weight is 294 g/mol. The van der Waals surface area contributed by atoms with Gasteiger partial charge in [-0.3, -0.25) is 4.79 Å². The number of carbonyl (C=O) groups excluding carboxylic acids is 1. The molecule has 0 aromatic carbocycles. The van der Waals surface area contributed by atoms with E-state index in [4.69, 9.17) is 0 Å². The van der Waals surface area contributed by atoms with E-state index in [-0.39, 0.29) is 11.2 Å². The van der Waals surface area contributed by atoms with E-state index in [0.29, 0.717) is 11.3 Å². The quantitative estimate of drug-likeness (QED) is 0.574. The molecule has 4 aliphatic carbocycles. The summed E-state index contributed by atoms with van der Waals surface area (Å²) < 4.78 is 0. The molecule has 5 atom stereocenters. The molecule has 4 aliphatic rings. The monoisotopic (exact) mass is 294 g/mol. The Kier molecular flexibility index (Phi) is 2.97. The molecule has 0 saturated heterocycles. The molecule has 0 radical (unpaired) electrons. The van der Waals surface area contributed by atoms with Crippen LogP contribution in [-0.4, -0.2) is 5.78 Å². The molecule has 0 amide bonds. The summed E-state index contributed by atoms with van der Waals surface area (Å²) in [5.74, 6) is 2.48. The van der Waals surface area contributed by atoms with Gasteiger partial charge in [0.25, 0.3) is 0 Å². The van der Waals surface area contributed by atoms with E-state index in [1.807, 2.05) is 12.2 Å². The Bertz CT molecular complexity index is 645. The molecule has 116 valence electrons. The highest BCUT2D eigenvalue weighted by Crippen LogP contribution is 2.65. The fraction of sp³-hybridized carbons (Fsp3) is 0.619. The minimum atomic E-state index is 0.124. The Morgan fingerprint density at radius 2 is 2.00 bits per heavy atom. The van der Waals surface area contributed by atoms with Crippen molar-refractivity contribution in [1.29, 1.82) is 0 Å². The third-order valence-electron chi connectivity index (χ3n) is 7.55. The van der Waals surface area contributed by atoms with Crippen LogP contribution in [0.2, 0.25) is 0 Å². The van der Waals surface area contributed by atoms with E-state index in [9.17, 15) is 4.79 Å². The molecule has 4 rings (SSSR count). The standard InChI is InChI=1S/C21H26O/c1-4-14-6-8-18-17-7-5-15-13-16(22)9-11-21(15,3)19(17)10-12-20(14,18)2/h9,11,13,17-19H,1,5-8,10,12H2,2-3H3/t17?,18?,19?,20-,21+/m1/s1. The van der Waals surface area contributed by atoms with Crippen LogP contribution in [-0.2, 0) is 4.79 Å². The smallest absolute Gasteiger partial charge is 0.178 e. The second kappa shape index (κ2) is 4.59. The summed E-state index contributed by atoms with van der Waals surface area (Å²) in [7, 11) is 0. The molecule has 1 nitrogen and oxygen atoms in total. The molecule has 0 heterocycles. The van der Waals surface area contributed by atoms with E-state index < -0.39 is 0 Å². The molecular weight excluding hydrogens is 268 g/mol. The second-order valence-corrected chi connectivity index (χ2v) is 8.25. The third kappa shape index (κ3) is 1.69. The molecule has 3 saturated carbocycles. The van der Waals surface area contributed by atoms with Gasteiger partial charge in [0.1, 0.15) is 0 Å². The molecule has 0 aliphatic heterocycles. The number of carbonyl (C=O) groups is 1. The molecule has 0 spiro atoms. The molecule has 3 unspecified atom stereocenters. The lowest BCUT2D eigenvalue weighted by Gasteiger charge is -2.56. The number of fused-ring (bicyclic) bond motifs is 5. The summed E-state index contributed by atoms with van der Waals surface area (Å²) >= 11 is 0. The van der Waals surface area contributed by atoms with Gasteiger partial charge in [0, 0.05) is 5.41 Å². The van der Waals surface area contributed by atoms with Gasteiger partial charge in [0.15, 0.2) is 5.78 Å². The summed E-state index contributed by atoms with van der Waals surface area (Å²) in [6.45, 7) is 8.79. The molecule has 0 bridgehead atoms. The van der Waals surface area contributed by atoms with Crippen molar-refractivity contribution in [3.63, 3.8) is 0 Å². The normalized spacial score (nSPS) is 46.5. The van der Waals surface area contributed by atoms with Gasteiger partial charge >= 0.3 is 0 Å². The van der Waals surface area contributed by atoms with Gasteiger partial charge in [-0.2, -0.15) is 0 Å². The first kappa shape index (κ1) is 14.3. The van der Waals surface area contributed by atoms with Crippen LogP contribution in [0.5, 0.6) is 0 Å². The molecule has 3 fully saturated rings. The largest absolute Gasteiger partial charge is 0.290 e. The van der Waals surface area contributed by atoms with E-state index in [1.165, 1.54) is 43.3 Å². The van der Waals surface area contributed by atoms with Gasteiger partial charge in [-0.15, -0.1) is 5.73 Å². The SMILES string of the molecule is C=C=C1CCC2C3CCC4=CC(=O)C=C[C@]4(C)C3CC[C@]12C. The van der Waals surface area contributed by atoms with Gasteiger partial charge in [-0.1, -0.05) is 32.1 Å². The molecule has 1 heteroatoms. The van der Waals surface area contributed by atoms with E-state index in [2.05, 4.69) is 32.2 Å². The summed E-state index contributed by atoms with van der Waals surface area (Å²) in [6.07, 6.45) is 13.4. The van der Waals surface area contributed by atoms with Crippen molar-refractivity contribution in [3.8, 4) is 0 Å². The van der Waals surface area contributed by atoms with Crippen LogP contribution in [0.15, 0.2) is 41.7 Å². The summed E-state index contributed by atoms with van der Waals surface area (Å²) in [5.41, 5.74) is 6.61. The van der Waals surface area contributed by atoms with E-state index in [0.717, 1.165) is 18.3 Å². The van der Waals surface area contributed by atoms with Crippen LogP contribution in [0.4, 0.5) is 0 Å². The number of allylic oxidation sites excluding steroid dienone is 5. The lowest BCUT2D eigenvalue weighted by molar-refractivity contribution is -0.111. The summed E-state index contributed by atoms with van der Waals surface area (Å²) in [6, 6.07) is 0. The minimum absolute atomic E-state index is 0.124. The van der Waals surface area contributed by atoms with Gasteiger partial charge in [-0.05, 0) is 79.4 Å². The van der Waals surface area contributed by atoms with Crippen LogP contribution >= 0.6 is 0 Å². The number of rotatable bonds is 0. The first-order valence-corrected chi connectivity index (χ1v) is 8.83. The van der Waals surface area contributed by atoms with Crippen molar-refractivity contribution in [2.24, 2.45) is 28.6 Å². The third-order valence-corrected chi connectivity index (χ3v) is 7.55. The van der Waals surface area contributed by atoms with Crippen LogP contribution in [0, 0.1) is 28.6 Å². The first-order chi connectivity index (χ1) is 10.5. The van der Waals surface area contributed by atoms with Crippen LogP contribution < -0.4 is 0 Å². The molecule has 0 aromatic rings. The lowest BCUT2D eigenvalue weighted by Crippen LogP contribution is -2.48. The molecule has 0 N–H and O–H groups in total. The van der Waals surface area contributed by atoms with E-state index >= 15 is 0 Å². The van der Waals surface area contributed by atoms with Crippen molar-refractivity contribution in [2.75, 3.05) is 0 Å². The zero-order valence-corrected chi connectivity index (χ0v) is 13.8. The Labute approximate surface area is 133 Å². The number of ketones is 1. The Morgan fingerprint density at radius 3 is 2.77 bits per heavy atom. The van der Waals surface area contributed by atoms with E-state index in [1.54, 1.807) is 0 Å². The topological polar surface area (TPSA) is 17.1 Å². The first-order valence-electron chi connectivity index (χ1n) is 8.83. The van der Waals surface area contributed by atoms with Crippen molar-refractivity contribution < 1.29 is 4.79 Å². The van der Waals surface area contributed by atoms with Crippen LogP contribution in [0.25, 0.3) is 0 Å². The van der Waals surface area contributed by atoms with Gasteiger partial charge in [0.05, 0.1) is 0 Å². The Balaban J connectivity index is 1.72. The van der Waals surface area contributed by atoms with Gasteiger partial charge in [-0.25, -0.2) is 0 Å². The maximum atomic E-state index is 11.8. The van der Waals surface area contributed by atoms with Gasteiger partial charge < -0.3 is 0 Å². The van der Waals surface area contributed by atoms with Crippen molar-refractivity contribution in [3.05, 3.63) is 41.7 Å². The summed E-state index contributed by atoms with van der Waals surface area (Å²) in [5, 5.41) is 0. The highest BCUT2D eigenvalue weighted by molar-refractivity contribution is 6.01. The highest BCUT2D eigenvalue weighted by atomic mass is 16.1. The van der Waals surface area contributed by atoms with Crippen molar-refractivity contribution in [1.82, 2.24) is 0 Å². The highest BCUT2D eigenvalue weighted by Gasteiger charge is 2.56. The predicted molar refractivity (Wildman–Crippen MR) is 89.3 cm³/mol. The van der Waals surface area contributed by atoms with Crippen molar-refractivity contribution in [2.45, 2.75) is 52.4 Å². The number of hydrogen-bond acceptors (Lipinski definition) is 1. The maximum Gasteiger partial charge on any atom is 0.178 e. The Morgan fingerprint density at radius 1 is 1.18 bits per heavy atom. The summed E-state index contributed by atoms with van der Waals surface area (Å²) in [4.78, 5) is 11.8. The molecule has 0 aromatic heterocycles. The predicted octanol–water partition coefficient (Wildman–Crippen LogP) is 5.01. The van der Waals surface area contributed by atoms with Crippen molar-refractivity contribution >= 4 is 5.78 Å². The molecule has 22 heavy (non-hydrogen) atoms. The fourth-order valence-corrected chi connectivity index (χ4v) is 6.30. The minimum Gasteiger partial charge on any atom is -0.290 e. The van der Waals surface area contributed by atoms with Crippen LogP contribution in [0.3, 0.4) is 0 Å². The molecular formula is C21H26O. The average Bonchev–Trinajstić information content (AvgIpc) is 2.84. The van der Waals surface area contributed by atoms with Gasteiger partial charge in [0.2, 0.25) is 0 Å². The fourth-order valence-electron chi connectivity index (χ4n) is 6.30. The van der Waals surface area contributed by atoms with Crippen LogP contribution in [0.1, 0.15) is 52.4 Å². The zero-order chi connectivity index (χ0) is 15.5. The zero-order valence-electron chi connectivity index (χ0n) is 13.8. The second-order valence-electron chi connectivity index (χ2n) is 8.25. The Hall–Kier alpha value is -1.33. The maximum absolute atomic E-state index is 11.8.